The minimum atomic E-state index is 0.342. The molecule has 0 saturated heterocycles. The van der Waals surface area contributed by atoms with Crippen molar-refractivity contribution >= 4 is 0 Å². The van der Waals surface area contributed by atoms with Crippen LogP contribution in [-0.4, -0.2) is 14.2 Å². The minimum Gasteiger partial charge on any atom is -0.497 e. The molecule has 0 bridgehead atoms. The van der Waals surface area contributed by atoms with Gasteiger partial charge >= 0.3 is 0 Å². The second-order valence-corrected chi connectivity index (χ2v) is 5.39. The SMILES string of the molecule is CCCc1ccc(C(Cc2ccc(OC)cc2)NC)cc1. The number of hydrogen-bond acceptors (Lipinski definition) is 2. The number of aryl methyl sites for hydroxylation is 1. The quantitative estimate of drug-likeness (QED) is 0.824. The number of benzene rings is 2. The molecule has 112 valence electrons. The van der Waals surface area contributed by atoms with Crippen molar-refractivity contribution in [1.82, 2.24) is 5.32 Å². The van der Waals surface area contributed by atoms with Gasteiger partial charge in [0.05, 0.1) is 7.11 Å². The van der Waals surface area contributed by atoms with Crippen LogP contribution in [0.1, 0.15) is 36.1 Å². The summed E-state index contributed by atoms with van der Waals surface area (Å²) in [5.74, 6) is 0.906. The molecular formula is C19H25NO. The van der Waals surface area contributed by atoms with E-state index < -0.39 is 0 Å². The molecule has 0 heterocycles. The average molecular weight is 283 g/mol. The Morgan fingerprint density at radius 1 is 0.952 bits per heavy atom. The smallest absolute Gasteiger partial charge is 0.118 e. The summed E-state index contributed by atoms with van der Waals surface area (Å²) in [7, 11) is 3.72. The highest BCUT2D eigenvalue weighted by molar-refractivity contribution is 5.30. The van der Waals surface area contributed by atoms with E-state index in [-0.39, 0.29) is 0 Å². The number of ether oxygens (including phenoxy) is 1. The maximum Gasteiger partial charge on any atom is 0.118 e. The maximum absolute atomic E-state index is 5.21. The van der Waals surface area contributed by atoms with E-state index in [1.807, 2.05) is 19.2 Å². The van der Waals surface area contributed by atoms with Gasteiger partial charge in [-0.05, 0) is 48.7 Å². The van der Waals surface area contributed by atoms with Crippen LogP contribution < -0.4 is 10.1 Å². The highest BCUT2D eigenvalue weighted by atomic mass is 16.5. The molecule has 0 radical (unpaired) electrons. The topological polar surface area (TPSA) is 21.3 Å². The number of likely N-dealkylation sites (N-methyl/N-ethyl adjacent to an activating group) is 1. The first-order chi connectivity index (χ1) is 10.3. The summed E-state index contributed by atoms with van der Waals surface area (Å²) in [5, 5.41) is 3.42. The predicted octanol–water partition coefficient (Wildman–Crippen LogP) is 4.15. The summed E-state index contributed by atoms with van der Waals surface area (Å²) in [6, 6.07) is 17.6. The van der Waals surface area contributed by atoms with E-state index in [0.29, 0.717) is 6.04 Å². The van der Waals surface area contributed by atoms with Gasteiger partial charge in [0.1, 0.15) is 5.75 Å². The molecule has 0 fully saturated rings. The van der Waals surface area contributed by atoms with E-state index in [2.05, 4.69) is 48.6 Å². The van der Waals surface area contributed by atoms with Crippen molar-refractivity contribution in [3.8, 4) is 5.75 Å². The van der Waals surface area contributed by atoms with Crippen LogP contribution in [0.15, 0.2) is 48.5 Å². The zero-order valence-electron chi connectivity index (χ0n) is 13.2. The van der Waals surface area contributed by atoms with Crippen molar-refractivity contribution in [3.05, 3.63) is 65.2 Å². The van der Waals surface area contributed by atoms with Crippen molar-refractivity contribution in [3.63, 3.8) is 0 Å². The van der Waals surface area contributed by atoms with Gasteiger partial charge in [-0.1, -0.05) is 49.7 Å². The van der Waals surface area contributed by atoms with Gasteiger partial charge in [-0.15, -0.1) is 0 Å². The van der Waals surface area contributed by atoms with Crippen molar-refractivity contribution in [1.29, 1.82) is 0 Å². The third kappa shape index (κ3) is 4.33. The van der Waals surface area contributed by atoms with Gasteiger partial charge in [0.15, 0.2) is 0 Å². The molecule has 2 heteroatoms. The summed E-state index contributed by atoms with van der Waals surface area (Å²) in [6.07, 6.45) is 3.33. The molecule has 1 atom stereocenters. The lowest BCUT2D eigenvalue weighted by molar-refractivity contribution is 0.414. The van der Waals surface area contributed by atoms with Crippen molar-refractivity contribution in [2.24, 2.45) is 0 Å². The first-order valence-corrected chi connectivity index (χ1v) is 7.65. The standard InChI is InChI=1S/C19H25NO/c1-4-5-15-6-10-17(11-7-15)19(20-2)14-16-8-12-18(21-3)13-9-16/h6-13,19-20H,4-5,14H2,1-3H3. The molecule has 2 aromatic carbocycles. The largest absolute Gasteiger partial charge is 0.497 e. The zero-order valence-corrected chi connectivity index (χ0v) is 13.2. The number of methoxy groups -OCH3 is 1. The van der Waals surface area contributed by atoms with Crippen LogP contribution in [0.4, 0.5) is 0 Å². The lowest BCUT2D eigenvalue weighted by Gasteiger charge is -2.17. The van der Waals surface area contributed by atoms with E-state index in [1.54, 1.807) is 7.11 Å². The Morgan fingerprint density at radius 3 is 2.10 bits per heavy atom. The fourth-order valence-corrected chi connectivity index (χ4v) is 2.59. The Kier molecular flexibility index (Phi) is 5.82. The molecule has 21 heavy (non-hydrogen) atoms. The summed E-state index contributed by atoms with van der Waals surface area (Å²) in [4.78, 5) is 0. The molecule has 2 nitrogen and oxygen atoms in total. The van der Waals surface area contributed by atoms with Gasteiger partial charge < -0.3 is 10.1 Å². The molecule has 1 N–H and O–H groups in total. The first-order valence-electron chi connectivity index (χ1n) is 7.65. The Labute approximate surface area is 128 Å². The van der Waals surface area contributed by atoms with Crippen LogP contribution in [0.2, 0.25) is 0 Å². The molecular weight excluding hydrogens is 258 g/mol. The molecule has 2 rings (SSSR count). The fourth-order valence-electron chi connectivity index (χ4n) is 2.59. The van der Waals surface area contributed by atoms with Crippen LogP contribution in [0.25, 0.3) is 0 Å². The second-order valence-electron chi connectivity index (χ2n) is 5.39. The van der Waals surface area contributed by atoms with Crippen molar-refractivity contribution in [2.45, 2.75) is 32.2 Å². The van der Waals surface area contributed by atoms with E-state index in [9.17, 15) is 0 Å². The predicted molar refractivity (Wildman–Crippen MR) is 88.9 cm³/mol. The molecule has 0 aliphatic rings. The lowest BCUT2D eigenvalue weighted by Crippen LogP contribution is -2.18. The van der Waals surface area contributed by atoms with Gasteiger partial charge in [-0.3, -0.25) is 0 Å². The lowest BCUT2D eigenvalue weighted by atomic mass is 9.97. The Morgan fingerprint density at radius 2 is 1.57 bits per heavy atom. The molecule has 0 saturated carbocycles. The molecule has 2 aromatic rings. The summed E-state index contributed by atoms with van der Waals surface area (Å²) in [6.45, 7) is 2.22. The second kappa shape index (κ2) is 7.84. The van der Waals surface area contributed by atoms with Gasteiger partial charge in [0.2, 0.25) is 0 Å². The number of nitrogens with one attached hydrogen (secondary N) is 1. The summed E-state index contributed by atoms with van der Waals surface area (Å²) < 4.78 is 5.21. The van der Waals surface area contributed by atoms with Crippen LogP contribution in [0.3, 0.4) is 0 Å². The van der Waals surface area contributed by atoms with Crippen molar-refractivity contribution < 1.29 is 4.74 Å². The summed E-state index contributed by atoms with van der Waals surface area (Å²) in [5.41, 5.74) is 4.07. The number of rotatable bonds is 7. The molecule has 0 aliphatic heterocycles. The van der Waals surface area contributed by atoms with Crippen LogP contribution >= 0.6 is 0 Å². The Bertz CT molecular complexity index is 530. The van der Waals surface area contributed by atoms with E-state index >= 15 is 0 Å². The first kappa shape index (κ1) is 15.6. The minimum absolute atomic E-state index is 0.342. The van der Waals surface area contributed by atoms with Crippen LogP contribution in [0.5, 0.6) is 5.75 Å². The fraction of sp³-hybridized carbons (Fsp3) is 0.368. The monoisotopic (exact) mass is 283 g/mol. The third-order valence-electron chi connectivity index (χ3n) is 3.87. The molecule has 0 amide bonds. The van der Waals surface area contributed by atoms with Crippen molar-refractivity contribution in [2.75, 3.05) is 14.2 Å². The Balaban J connectivity index is 2.07. The van der Waals surface area contributed by atoms with Gasteiger partial charge in [-0.2, -0.15) is 0 Å². The molecule has 0 aliphatic carbocycles. The zero-order chi connectivity index (χ0) is 15.1. The molecule has 1 unspecified atom stereocenters. The average Bonchev–Trinajstić information content (AvgIpc) is 2.54. The third-order valence-corrected chi connectivity index (χ3v) is 3.87. The summed E-state index contributed by atoms with van der Waals surface area (Å²) >= 11 is 0. The van der Waals surface area contributed by atoms with Crippen LogP contribution in [0, 0.1) is 0 Å². The normalized spacial score (nSPS) is 12.1. The Hall–Kier alpha value is -1.80. The highest BCUT2D eigenvalue weighted by Crippen LogP contribution is 2.21. The highest BCUT2D eigenvalue weighted by Gasteiger charge is 2.10. The van der Waals surface area contributed by atoms with E-state index in [4.69, 9.17) is 4.74 Å². The van der Waals surface area contributed by atoms with Gasteiger partial charge in [-0.25, -0.2) is 0 Å². The van der Waals surface area contributed by atoms with E-state index in [1.165, 1.54) is 23.1 Å². The molecule has 0 aromatic heterocycles. The van der Waals surface area contributed by atoms with Gasteiger partial charge in [0, 0.05) is 6.04 Å². The maximum atomic E-state index is 5.21. The molecule has 0 spiro atoms. The van der Waals surface area contributed by atoms with E-state index in [0.717, 1.165) is 18.6 Å². The van der Waals surface area contributed by atoms with Crippen LogP contribution in [-0.2, 0) is 12.8 Å². The van der Waals surface area contributed by atoms with Gasteiger partial charge in [0.25, 0.3) is 0 Å². The number of hydrogen-bond donors (Lipinski definition) is 1.